The summed E-state index contributed by atoms with van der Waals surface area (Å²) >= 11 is 0. The SMILES string of the molecule is Cc1ccc(/C=C/C(=O)OCC2CCCN2C(N)=O)o1. The molecular weight excluding hydrogens is 260 g/mol. The number of likely N-dealkylation sites (tertiary alicyclic amines) is 1. The standard InChI is InChI=1S/C14H18N2O4/c1-10-4-5-12(20-10)6-7-13(17)19-9-11-3-2-8-16(11)14(15)18/h4-7,11H,2-3,8-9H2,1H3,(H2,15,18)/b7-6+. The summed E-state index contributed by atoms with van der Waals surface area (Å²) < 4.78 is 10.4. The highest BCUT2D eigenvalue weighted by Crippen LogP contribution is 2.17. The summed E-state index contributed by atoms with van der Waals surface area (Å²) in [6.07, 6.45) is 4.54. The molecule has 0 aliphatic carbocycles. The van der Waals surface area contributed by atoms with Crippen molar-refractivity contribution in [1.82, 2.24) is 4.90 Å². The van der Waals surface area contributed by atoms with Crippen LogP contribution in [0, 0.1) is 6.92 Å². The van der Waals surface area contributed by atoms with E-state index < -0.39 is 12.0 Å². The maximum Gasteiger partial charge on any atom is 0.330 e. The minimum Gasteiger partial charge on any atom is -0.462 e. The molecular formula is C14H18N2O4. The minimum absolute atomic E-state index is 0.115. The van der Waals surface area contributed by atoms with Gasteiger partial charge in [0, 0.05) is 12.6 Å². The molecule has 2 heterocycles. The summed E-state index contributed by atoms with van der Waals surface area (Å²) in [4.78, 5) is 24.3. The van der Waals surface area contributed by atoms with Gasteiger partial charge in [-0.3, -0.25) is 0 Å². The van der Waals surface area contributed by atoms with Gasteiger partial charge < -0.3 is 19.8 Å². The first kappa shape index (κ1) is 14.2. The lowest BCUT2D eigenvalue weighted by Gasteiger charge is -2.21. The van der Waals surface area contributed by atoms with E-state index in [4.69, 9.17) is 14.9 Å². The van der Waals surface area contributed by atoms with E-state index >= 15 is 0 Å². The molecule has 0 radical (unpaired) electrons. The Kier molecular flexibility index (Phi) is 4.45. The van der Waals surface area contributed by atoms with Crippen LogP contribution in [-0.4, -0.2) is 36.1 Å². The quantitative estimate of drug-likeness (QED) is 0.670. The second-order valence-corrected chi connectivity index (χ2v) is 4.74. The highest BCUT2D eigenvalue weighted by molar-refractivity contribution is 5.86. The fourth-order valence-corrected chi connectivity index (χ4v) is 2.22. The van der Waals surface area contributed by atoms with Gasteiger partial charge in [0.25, 0.3) is 0 Å². The third-order valence-electron chi connectivity index (χ3n) is 3.22. The van der Waals surface area contributed by atoms with Crippen LogP contribution in [-0.2, 0) is 9.53 Å². The lowest BCUT2D eigenvalue weighted by molar-refractivity contribution is -0.138. The zero-order valence-electron chi connectivity index (χ0n) is 11.4. The van der Waals surface area contributed by atoms with Crippen LogP contribution in [0.1, 0.15) is 24.4 Å². The summed E-state index contributed by atoms with van der Waals surface area (Å²) in [5.74, 6) is 0.913. The molecule has 108 valence electrons. The van der Waals surface area contributed by atoms with Crippen molar-refractivity contribution < 1.29 is 18.7 Å². The fourth-order valence-electron chi connectivity index (χ4n) is 2.22. The summed E-state index contributed by atoms with van der Waals surface area (Å²) in [7, 11) is 0. The van der Waals surface area contributed by atoms with Gasteiger partial charge >= 0.3 is 12.0 Å². The number of aryl methyl sites for hydroxylation is 1. The second kappa shape index (κ2) is 6.27. The third-order valence-corrected chi connectivity index (χ3v) is 3.22. The molecule has 1 aromatic rings. The zero-order valence-corrected chi connectivity index (χ0v) is 11.4. The molecule has 6 heteroatoms. The molecule has 0 aromatic carbocycles. The molecule has 1 fully saturated rings. The molecule has 2 N–H and O–H groups in total. The Morgan fingerprint density at radius 3 is 3.00 bits per heavy atom. The number of carbonyl (C=O) groups is 2. The number of furan rings is 1. The lowest BCUT2D eigenvalue weighted by Crippen LogP contribution is -2.41. The number of ether oxygens (including phenoxy) is 1. The molecule has 2 amide bonds. The monoisotopic (exact) mass is 278 g/mol. The Labute approximate surface area is 117 Å². The van der Waals surface area contributed by atoms with Gasteiger partial charge in [0.2, 0.25) is 0 Å². The summed E-state index contributed by atoms with van der Waals surface area (Å²) in [6.45, 7) is 2.62. The van der Waals surface area contributed by atoms with Crippen molar-refractivity contribution in [2.75, 3.05) is 13.2 Å². The van der Waals surface area contributed by atoms with Gasteiger partial charge in [0.15, 0.2) is 0 Å². The molecule has 0 bridgehead atoms. The average Bonchev–Trinajstić information content (AvgIpc) is 3.02. The van der Waals surface area contributed by atoms with Crippen LogP contribution < -0.4 is 5.73 Å². The van der Waals surface area contributed by atoms with Crippen molar-refractivity contribution >= 4 is 18.1 Å². The van der Waals surface area contributed by atoms with E-state index in [1.54, 1.807) is 12.1 Å². The van der Waals surface area contributed by atoms with Gasteiger partial charge in [-0.05, 0) is 38.0 Å². The summed E-state index contributed by atoms with van der Waals surface area (Å²) in [5, 5.41) is 0. The molecule has 1 aromatic heterocycles. The maximum absolute atomic E-state index is 11.6. The molecule has 0 saturated carbocycles. The predicted molar refractivity (Wildman–Crippen MR) is 72.7 cm³/mol. The Morgan fingerprint density at radius 1 is 1.55 bits per heavy atom. The molecule has 2 rings (SSSR count). The van der Waals surface area contributed by atoms with Gasteiger partial charge in [0.05, 0.1) is 6.04 Å². The van der Waals surface area contributed by atoms with E-state index in [1.807, 2.05) is 13.0 Å². The number of primary amides is 1. The number of esters is 1. The topological polar surface area (TPSA) is 85.8 Å². The number of nitrogens with two attached hydrogens (primary N) is 1. The van der Waals surface area contributed by atoms with Crippen molar-refractivity contribution in [3.05, 3.63) is 29.7 Å². The molecule has 1 atom stereocenters. The van der Waals surface area contributed by atoms with Gasteiger partial charge in [-0.1, -0.05) is 0 Å². The van der Waals surface area contributed by atoms with E-state index in [2.05, 4.69) is 0 Å². The van der Waals surface area contributed by atoms with Crippen molar-refractivity contribution in [2.24, 2.45) is 5.73 Å². The van der Waals surface area contributed by atoms with Crippen LogP contribution in [0.2, 0.25) is 0 Å². The van der Waals surface area contributed by atoms with Gasteiger partial charge in [0.1, 0.15) is 18.1 Å². The van der Waals surface area contributed by atoms with Crippen molar-refractivity contribution in [3.8, 4) is 0 Å². The Hall–Kier alpha value is -2.24. The van der Waals surface area contributed by atoms with E-state index in [0.29, 0.717) is 12.3 Å². The van der Waals surface area contributed by atoms with Gasteiger partial charge in [-0.2, -0.15) is 0 Å². The Morgan fingerprint density at radius 2 is 2.35 bits per heavy atom. The fraction of sp³-hybridized carbons (Fsp3) is 0.429. The Balaban J connectivity index is 1.80. The maximum atomic E-state index is 11.6. The van der Waals surface area contributed by atoms with E-state index in [0.717, 1.165) is 18.6 Å². The van der Waals surface area contributed by atoms with E-state index in [1.165, 1.54) is 11.0 Å². The van der Waals surface area contributed by atoms with Crippen molar-refractivity contribution in [3.63, 3.8) is 0 Å². The van der Waals surface area contributed by atoms with Crippen molar-refractivity contribution in [1.29, 1.82) is 0 Å². The number of hydrogen-bond donors (Lipinski definition) is 1. The normalized spacial score (nSPS) is 18.6. The molecule has 1 aliphatic rings. The highest BCUT2D eigenvalue weighted by Gasteiger charge is 2.27. The van der Waals surface area contributed by atoms with Crippen molar-refractivity contribution in [2.45, 2.75) is 25.8 Å². The second-order valence-electron chi connectivity index (χ2n) is 4.74. The lowest BCUT2D eigenvalue weighted by atomic mass is 10.2. The minimum atomic E-state index is -0.467. The third kappa shape index (κ3) is 3.63. The predicted octanol–water partition coefficient (Wildman–Crippen LogP) is 1.69. The smallest absolute Gasteiger partial charge is 0.330 e. The van der Waals surface area contributed by atoms with Crippen LogP contribution >= 0.6 is 0 Å². The number of carbonyl (C=O) groups excluding carboxylic acids is 2. The number of urea groups is 1. The van der Waals surface area contributed by atoms with Gasteiger partial charge in [-0.15, -0.1) is 0 Å². The number of nitrogens with zero attached hydrogens (tertiary/aromatic N) is 1. The first-order valence-corrected chi connectivity index (χ1v) is 6.53. The molecule has 1 aliphatic heterocycles. The largest absolute Gasteiger partial charge is 0.462 e. The Bertz CT molecular complexity index is 521. The first-order chi connectivity index (χ1) is 9.56. The number of rotatable bonds is 4. The molecule has 6 nitrogen and oxygen atoms in total. The number of hydrogen-bond acceptors (Lipinski definition) is 4. The number of amides is 2. The molecule has 1 unspecified atom stereocenters. The molecule has 1 saturated heterocycles. The average molecular weight is 278 g/mol. The van der Waals surface area contributed by atoms with Crippen LogP contribution in [0.3, 0.4) is 0 Å². The van der Waals surface area contributed by atoms with Crippen LogP contribution in [0.4, 0.5) is 4.79 Å². The zero-order chi connectivity index (χ0) is 14.5. The molecule has 20 heavy (non-hydrogen) atoms. The first-order valence-electron chi connectivity index (χ1n) is 6.53. The highest BCUT2D eigenvalue weighted by atomic mass is 16.5. The summed E-state index contributed by atoms with van der Waals surface area (Å²) in [6, 6.07) is 3.00. The van der Waals surface area contributed by atoms with E-state index in [-0.39, 0.29) is 12.6 Å². The summed E-state index contributed by atoms with van der Waals surface area (Å²) in [5.41, 5.74) is 5.25. The van der Waals surface area contributed by atoms with E-state index in [9.17, 15) is 9.59 Å². The molecule has 0 spiro atoms. The van der Waals surface area contributed by atoms with Gasteiger partial charge in [-0.25, -0.2) is 9.59 Å². The van der Waals surface area contributed by atoms with Crippen LogP contribution in [0.25, 0.3) is 6.08 Å². The van der Waals surface area contributed by atoms with Crippen LogP contribution in [0.15, 0.2) is 22.6 Å². The van der Waals surface area contributed by atoms with Crippen LogP contribution in [0.5, 0.6) is 0 Å².